The fourth-order valence-electron chi connectivity index (χ4n) is 1.11. The normalized spacial score (nSPS) is 10.3. The first-order valence-corrected chi connectivity index (χ1v) is 4.90. The van der Waals surface area contributed by atoms with Gasteiger partial charge in [-0.25, -0.2) is 9.97 Å². The molecular formula is C8H9ClN6O. The smallest absolute Gasteiger partial charge is 0.228 e. The summed E-state index contributed by atoms with van der Waals surface area (Å²) >= 11 is 5.74. The third-order valence-electron chi connectivity index (χ3n) is 1.87. The molecule has 2 rings (SSSR count). The van der Waals surface area contributed by atoms with Crippen LogP contribution >= 0.6 is 11.6 Å². The van der Waals surface area contributed by atoms with Gasteiger partial charge in [0.05, 0.1) is 0 Å². The van der Waals surface area contributed by atoms with E-state index in [0.717, 1.165) is 0 Å². The molecule has 2 heterocycles. The lowest BCUT2D eigenvalue weighted by Gasteiger charge is -2.06. The molecule has 0 aliphatic carbocycles. The fourth-order valence-corrected chi connectivity index (χ4v) is 1.24. The monoisotopic (exact) mass is 240 g/mol. The van der Waals surface area contributed by atoms with Crippen LogP contribution in [-0.2, 0) is 6.42 Å². The van der Waals surface area contributed by atoms with Crippen molar-refractivity contribution in [3.8, 4) is 0 Å². The number of anilines is 2. The quantitative estimate of drug-likeness (QED) is 0.760. The van der Waals surface area contributed by atoms with E-state index in [2.05, 4.69) is 25.4 Å². The zero-order chi connectivity index (χ0) is 11.4. The molecule has 0 aromatic carbocycles. The molecule has 7 nitrogen and oxygen atoms in total. The van der Waals surface area contributed by atoms with E-state index < -0.39 is 0 Å². The van der Waals surface area contributed by atoms with E-state index in [1.165, 1.54) is 12.7 Å². The molecule has 0 atom stereocenters. The molecular weight excluding hydrogens is 232 g/mol. The topological polar surface area (TPSA) is 103 Å². The minimum Gasteiger partial charge on any atom is -0.393 e. The van der Waals surface area contributed by atoms with Crippen LogP contribution in [0.3, 0.4) is 0 Å². The van der Waals surface area contributed by atoms with Crippen molar-refractivity contribution in [3.63, 3.8) is 0 Å². The molecule has 0 unspecified atom stereocenters. The molecule has 2 aromatic rings. The Labute approximate surface area is 96.0 Å². The Morgan fingerprint density at radius 1 is 1.31 bits per heavy atom. The third-order valence-corrected chi connectivity index (χ3v) is 2.17. The van der Waals surface area contributed by atoms with Crippen molar-refractivity contribution in [1.82, 2.24) is 20.1 Å². The second-order valence-corrected chi connectivity index (χ2v) is 3.30. The SMILES string of the molecule is Nc1c(Cl)ncnc1NCCc1ncno1. The Balaban J connectivity index is 1.92. The Bertz CT molecular complexity index is 460. The number of aromatic nitrogens is 4. The van der Waals surface area contributed by atoms with Gasteiger partial charge in [0.15, 0.2) is 17.3 Å². The van der Waals surface area contributed by atoms with Gasteiger partial charge in [-0.1, -0.05) is 16.8 Å². The van der Waals surface area contributed by atoms with E-state index in [-0.39, 0.29) is 5.15 Å². The molecule has 84 valence electrons. The van der Waals surface area contributed by atoms with E-state index in [1.807, 2.05) is 0 Å². The number of nitrogens with two attached hydrogens (primary N) is 1. The molecule has 0 radical (unpaired) electrons. The Hall–Kier alpha value is -1.89. The average Bonchev–Trinajstić information content (AvgIpc) is 2.77. The van der Waals surface area contributed by atoms with E-state index in [1.54, 1.807) is 0 Å². The molecule has 0 aliphatic heterocycles. The molecule has 0 aliphatic rings. The van der Waals surface area contributed by atoms with Gasteiger partial charge in [-0.15, -0.1) is 0 Å². The predicted molar refractivity (Wildman–Crippen MR) is 57.9 cm³/mol. The van der Waals surface area contributed by atoms with Gasteiger partial charge in [-0.3, -0.25) is 0 Å². The van der Waals surface area contributed by atoms with Crippen LogP contribution in [0.15, 0.2) is 17.2 Å². The standard InChI is InChI=1S/C8H9ClN6O/c9-7-6(10)8(14-3-13-7)11-2-1-5-12-4-15-16-5/h3-4H,1-2,10H2,(H,11,13,14). The third kappa shape index (κ3) is 2.37. The summed E-state index contributed by atoms with van der Waals surface area (Å²) in [5, 5.41) is 6.73. The highest BCUT2D eigenvalue weighted by atomic mass is 35.5. The zero-order valence-corrected chi connectivity index (χ0v) is 8.98. The van der Waals surface area contributed by atoms with Gasteiger partial charge < -0.3 is 15.6 Å². The maximum absolute atomic E-state index is 5.74. The highest BCUT2D eigenvalue weighted by molar-refractivity contribution is 6.32. The number of halogens is 1. The van der Waals surface area contributed by atoms with Gasteiger partial charge in [0.25, 0.3) is 0 Å². The van der Waals surface area contributed by atoms with Crippen molar-refractivity contribution < 1.29 is 4.52 Å². The lowest BCUT2D eigenvalue weighted by atomic mass is 10.4. The second kappa shape index (κ2) is 4.75. The van der Waals surface area contributed by atoms with Gasteiger partial charge in [-0.2, -0.15) is 4.98 Å². The van der Waals surface area contributed by atoms with Crippen molar-refractivity contribution in [2.24, 2.45) is 0 Å². The van der Waals surface area contributed by atoms with Crippen LogP contribution in [0.2, 0.25) is 5.15 Å². The largest absolute Gasteiger partial charge is 0.393 e. The first kappa shape index (κ1) is 10.6. The molecule has 16 heavy (non-hydrogen) atoms. The molecule has 0 amide bonds. The van der Waals surface area contributed by atoms with E-state index in [9.17, 15) is 0 Å². The van der Waals surface area contributed by atoms with Crippen molar-refractivity contribution >= 4 is 23.1 Å². The maximum atomic E-state index is 5.74. The van der Waals surface area contributed by atoms with Crippen molar-refractivity contribution in [2.45, 2.75) is 6.42 Å². The summed E-state index contributed by atoms with van der Waals surface area (Å²) in [6.45, 7) is 0.569. The summed E-state index contributed by atoms with van der Waals surface area (Å²) < 4.78 is 4.83. The molecule has 0 saturated heterocycles. The molecule has 0 bridgehead atoms. The summed E-state index contributed by atoms with van der Waals surface area (Å²) in [5.74, 6) is 1.05. The van der Waals surface area contributed by atoms with E-state index in [4.69, 9.17) is 21.9 Å². The van der Waals surface area contributed by atoms with Crippen LogP contribution in [0, 0.1) is 0 Å². The molecule has 2 aromatic heterocycles. The highest BCUT2D eigenvalue weighted by Crippen LogP contribution is 2.21. The van der Waals surface area contributed by atoms with Gasteiger partial charge in [-0.05, 0) is 0 Å². The highest BCUT2D eigenvalue weighted by Gasteiger charge is 2.05. The maximum Gasteiger partial charge on any atom is 0.228 e. The number of hydrogen-bond acceptors (Lipinski definition) is 7. The van der Waals surface area contributed by atoms with E-state index in [0.29, 0.717) is 30.4 Å². The van der Waals surface area contributed by atoms with Gasteiger partial charge in [0.2, 0.25) is 5.89 Å². The van der Waals surface area contributed by atoms with Crippen LogP contribution in [0.4, 0.5) is 11.5 Å². The molecule has 8 heteroatoms. The molecule has 0 spiro atoms. The van der Waals surface area contributed by atoms with Gasteiger partial charge >= 0.3 is 0 Å². The first-order chi connectivity index (χ1) is 7.77. The van der Waals surface area contributed by atoms with Crippen molar-refractivity contribution in [2.75, 3.05) is 17.6 Å². The average molecular weight is 241 g/mol. The number of nitrogens with one attached hydrogen (secondary N) is 1. The number of rotatable bonds is 4. The minimum absolute atomic E-state index is 0.232. The fraction of sp³-hybridized carbons (Fsp3) is 0.250. The summed E-state index contributed by atoms with van der Waals surface area (Å²) in [5.41, 5.74) is 6.00. The predicted octanol–water partition coefficient (Wildman–Crippen LogP) is 0.750. The molecule has 0 fully saturated rings. The summed E-state index contributed by atoms with van der Waals surface area (Å²) in [4.78, 5) is 11.6. The van der Waals surface area contributed by atoms with Crippen molar-refractivity contribution in [3.05, 3.63) is 23.7 Å². The Morgan fingerprint density at radius 2 is 2.19 bits per heavy atom. The lowest BCUT2D eigenvalue weighted by molar-refractivity contribution is 0.379. The van der Waals surface area contributed by atoms with Gasteiger partial charge in [0, 0.05) is 13.0 Å². The summed E-state index contributed by atoms with van der Waals surface area (Å²) in [7, 11) is 0. The number of nitrogens with zero attached hydrogens (tertiary/aromatic N) is 4. The minimum atomic E-state index is 0.232. The van der Waals surface area contributed by atoms with Crippen LogP contribution in [0.25, 0.3) is 0 Å². The number of hydrogen-bond donors (Lipinski definition) is 2. The lowest BCUT2D eigenvalue weighted by Crippen LogP contribution is -2.09. The van der Waals surface area contributed by atoms with Crippen LogP contribution in [0.1, 0.15) is 5.89 Å². The summed E-state index contributed by atoms with van der Waals surface area (Å²) in [6, 6.07) is 0. The Kier molecular flexibility index (Phi) is 3.16. The van der Waals surface area contributed by atoms with Gasteiger partial charge in [0.1, 0.15) is 12.0 Å². The molecule has 0 saturated carbocycles. The van der Waals surface area contributed by atoms with Crippen LogP contribution in [-0.4, -0.2) is 26.7 Å². The Morgan fingerprint density at radius 3 is 2.94 bits per heavy atom. The van der Waals surface area contributed by atoms with Crippen molar-refractivity contribution in [1.29, 1.82) is 0 Å². The number of nitrogen functional groups attached to an aromatic ring is 1. The van der Waals surface area contributed by atoms with Crippen LogP contribution < -0.4 is 11.1 Å². The second-order valence-electron chi connectivity index (χ2n) is 2.94. The first-order valence-electron chi connectivity index (χ1n) is 4.53. The summed E-state index contributed by atoms with van der Waals surface area (Å²) in [6.07, 6.45) is 3.28. The zero-order valence-electron chi connectivity index (χ0n) is 8.22. The molecule has 3 N–H and O–H groups in total. The van der Waals surface area contributed by atoms with E-state index >= 15 is 0 Å². The van der Waals surface area contributed by atoms with Crippen LogP contribution in [0.5, 0.6) is 0 Å².